The number of hydrogen-bond donors (Lipinski definition) is 2. The predicted octanol–water partition coefficient (Wildman–Crippen LogP) is 0.576. The van der Waals surface area contributed by atoms with Gasteiger partial charge in [0.05, 0.1) is 13.2 Å². The summed E-state index contributed by atoms with van der Waals surface area (Å²) in [5.74, 6) is 0.138. The number of amides is 1. The summed E-state index contributed by atoms with van der Waals surface area (Å²) >= 11 is 0. The second kappa shape index (κ2) is 5.23. The second-order valence-corrected chi connectivity index (χ2v) is 5.25. The van der Waals surface area contributed by atoms with E-state index in [4.69, 9.17) is 4.74 Å². The number of rotatable bonds is 3. The minimum atomic E-state index is -0.383. The number of carbonyl (C=O) groups is 1. The van der Waals surface area contributed by atoms with Crippen molar-refractivity contribution in [2.75, 3.05) is 20.2 Å². The van der Waals surface area contributed by atoms with Crippen molar-refractivity contribution in [1.29, 1.82) is 0 Å². The second-order valence-electron chi connectivity index (χ2n) is 5.25. The highest BCUT2D eigenvalue weighted by Gasteiger charge is 2.35. The van der Waals surface area contributed by atoms with Crippen LogP contribution in [0.5, 0.6) is 0 Å². The number of likely N-dealkylation sites (tertiary alicyclic amines) is 1. The van der Waals surface area contributed by atoms with E-state index in [1.165, 1.54) is 20.0 Å². The third-order valence-electron chi connectivity index (χ3n) is 3.65. The summed E-state index contributed by atoms with van der Waals surface area (Å²) in [7, 11) is 1.40. The van der Waals surface area contributed by atoms with Crippen molar-refractivity contribution in [2.24, 2.45) is 5.92 Å². The summed E-state index contributed by atoms with van der Waals surface area (Å²) in [6.45, 7) is 3.07. The molecule has 1 heterocycles. The molecule has 1 saturated carbocycles. The Morgan fingerprint density at radius 1 is 1.41 bits per heavy atom. The van der Waals surface area contributed by atoms with E-state index in [9.17, 15) is 9.90 Å². The summed E-state index contributed by atoms with van der Waals surface area (Å²) in [4.78, 5) is 13.3. The molecule has 2 aliphatic rings. The first-order chi connectivity index (χ1) is 8.10. The molecular formula is C12H22N2O3. The van der Waals surface area contributed by atoms with Crippen LogP contribution in [0.1, 0.15) is 26.2 Å². The Bertz CT molecular complexity index is 279. The van der Waals surface area contributed by atoms with Gasteiger partial charge < -0.3 is 20.1 Å². The van der Waals surface area contributed by atoms with Crippen LogP contribution >= 0.6 is 0 Å². The lowest BCUT2D eigenvalue weighted by Crippen LogP contribution is -2.53. The van der Waals surface area contributed by atoms with Gasteiger partial charge in [-0.3, -0.25) is 0 Å². The summed E-state index contributed by atoms with van der Waals surface area (Å²) in [6.07, 6.45) is 2.72. The van der Waals surface area contributed by atoms with Crippen LogP contribution < -0.4 is 5.32 Å². The van der Waals surface area contributed by atoms with Gasteiger partial charge in [-0.1, -0.05) is 0 Å². The lowest BCUT2D eigenvalue weighted by atomic mass is 9.90. The molecule has 2 N–H and O–H groups in total. The third kappa shape index (κ3) is 3.33. The van der Waals surface area contributed by atoms with Gasteiger partial charge in [0, 0.05) is 31.1 Å². The lowest BCUT2D eigenvalue weighted by molar-refractivity contribution is 0.0424. The molecule has 0 bridgehead atoms. The molecule has 0 aromatic carbocycles. The van der Waals surface area contributed by atoms with Crippen LogP contribution in [0.4, 0.5) is 4.79 Å². The molecule has 3 unspecified atom stereocenters. The van der Waals surface area contributed by atoms with Crippen molar-refractivity contribution in [2.45, 2.75) is 44.4 Å². The van der Waals surface area contributed by atoms with Crippen molar-refractivity contribution in [1.82, 2.24) is 10.2 Å². The van der Waals surface area contributed by atoms with Gasteiger partial charge in [0.2, 0.25) is 0 Å². The summed E-state index contributed by atoms with van der Waals surface area (Å²) < 4.78 is 4.76. The van der Waals surface area contributed by atoms with E-state index in [-0.39, 0.29) is 24.2 Å². The van der Waals surface area contributed by atoms with Crippen LogP contribution in [-0.2, 0) is 4.74 Å². The van der Waals surface area contributed by atoms with Crippen LogP contribution in [-0.4, -0.2) is 54.5 Å². The van der Waals surface area contributed by atoms with E-state index in [1.54, 1.807) is 11.8 Å². The number of carbonyl (C=O) groups excluding carboxylic acids is 1. The first-order valence-electron chi connectivity index (χ1n) is 6.37. The number of hydrogen-bond acceptors (Lipinski definition) is 4. The van der Waals surface area contributed by atoms with Crippen molar-refractivity contribution >= 4 is 6.09 Å². The maximum atomic E-state index is 11.6. The molecule has 98 valence electrons. The predicted molar refractivity (Wildman–Crippen MR) is 63.7 cm³/mol. The Morgan fingerprint density at radius 3 is 2.65 bits per heavy atom. The lowest BCUT2D eigenvalue weighted by Gasteiger charge is -2.38. The molecule has 17 heavy (non-hydrogen) atoms. The molecule has 1 aliphatic heterocycles. The molecule has 1 aliphatic carbocycles. The Hall–Kier alpha value is -0.810. The van der Waals surface area contributed by atoms with Crippen molar-refractivity contribution in [3.8, 4) is 0 Å². The third-order valence-corrected chi connectivity index (χ3v) is 3.65. The van der Waals surface area contributed by atoms with Gasteiger partial charge in [0.1, 0.15) is 0 Å². The normalized spacial score (nSPS) is 31.1. The Morgan fingerprint density at radius 2 is 2.12 bits per heavy atom. The molecule has 0 spiro atoms. The molecule has 5 heteroatoms. The number of methoxy groups -OCH3 is 1. The fourth-order valence-corrected chi connectivity index (χ4v) is 2.47. The molecule has 1 amide bonds. The highest BCUT2D eigenvalue weighted by atomic mass is 16.5. The van der Waals surface area contributed by atoms with Gasteiger partial charge >= 0.3 is 6.09 Å². The zero-order chi connectivity index (χ0) is 12.4. The average molecular weight is 242 g/mol. The van der Waals surface area contributed by atoms with E-state index in [2.05, 4.69) is 5.32 Å². The number of aliphatic hydroxyl groups is 1. The highest BCUT2D eigenvalue weighted by molar-refractivity contribution is 5.67. The van der Waals surface area contributed by atoms with E-state index in [0.29, 0.717) is 19.1 Å². The molecule has 1 saturated heterocycles. The zero-order valence-corrected chi connectivity index (χ0v) is 10.6. The first-order valence-corrected chi connectivity index (χ1v) is 6.37. The number of piperidine rings is 1. The molecule has 5 nitrogen and oxygen atoms in total. The minimum absolute atomic E-state index is 0.138. The van der Waals surface area contributed by atoms with Crippen LogP contribution in [0, 0.1) is 5.92 Å². The molecule has 2 fully saturated rings. The van der Waals surface area contributed by atoms with Crippen molar-refractivity contribution in [3.63, 3.8) is 0 Å². The highest BCUT2D eigenvalue weighted by Crippen LogP contribution is 2.25. The monoisotopic (exact) mass is 242 g/mol. The molecule has 0 radical (unpaired) electrons. The molecule has 2 rings (SSSR count). The smallest absolute Gasteiger partial charge is 0.409 e. The van der Waals surface area contributed by atoms with E-state index < -0.39 is 0 Å². The van der Waals surface area contributed by atoms with E-state index >= 15 is 0 Å². The minimum Gasteiger partial charge on any atom is -0.453 e. The fourth-order valence-electron chi connectivity index (χ4n) is 2.47. The number of nitrogens with zero attached hydrogens (tertiary/aromatic N) is 1. The van der Waals surface area contributed by atoms with Crippen LogP contribution in [0.25, 0.3) is 0 Å². The van der Waals surface area contributed by atoms with Crippen molar-refractivity contribution in [3.05, 3.63) is 0 Å². The van der Waals surface area contributed by atoms with Crippen LogP contribution in [0.15, 0.2) is 0 Å². The van der Waals surface area contributed by atoms with Gasteiger partial charge in [-0.05, 0) is 26.2 Å². The number of ether oxygens (including phenoxy) is 1. The van der Waals surface area contributed by atoms with E-state index in [1.807, 2.05) is 0 Å². The zero-order valence-electron chi connectivity index (χ0n) is 10.6. The van der Waals surface area contributed by atoms with Gasteiger partial charge in [-0.2, -0.15) is 0 Å². The van der Waals surface area contributed by atoms with Gasteiger partial charge in [0.15, 0.2) is 0 Å². The van der Waals surface area contributed by atoms with Crippen LogP contribution in [0.3, 0.4) is 0 Å². The SMILES string of the molecule is COC(=O)N1CC(NC2CC2)CC(C(C)O)C1. The molecule has 0 aromatic rings. The molecular weight excluding hydrogens is 220 g/mol. The average Bonchev–Trinajstić information content (AvgIpc) is 3.11. The summed E-state index contributed by atoms with van der Waals surface area (Å²) in [5.41, 5.74) is 0. The molecule has 3 atom stereocenters. The largest absolute Gasteiger partial charge is 0.453 e. The maximum absolute atomic E-state index is 11.6. The number of nitrogens with one attached hydrogen (secondary N) is 1. The van der Waals surface area contributed by atoms with Gasteiger partial charge in [-0.15, -0.1) is 0 Å². The topological polar surface area (TPSA) is 61.8 Å². The standard InChI is InChI=1S/C12H22N2O3/c1-8(15)9-5-11(13-10-3-4-10)7-14(6-9)12(16)17-2/h8-11,13,15H,3-7H2,1-2H3. The Kier molecular flexibility index (Phi) is 3.89. The summed E-state index contributed by atoms with van der Waals surface area (Å²) in [6, 6.07) is 0.905. The Labute approximate surface area is 102 Å². The fraction of sp³-hybridized carbons (Fsp3) is 0.917. The number of aliphatic hydroxyl groups excluding tert-OH is 1. The first kappa shape index (κ1) is 12.6. The quantitative estimate of drug-likeness (QED) is 0.760. The van der Waals surface area contributed by atoms with E-state index in [0.717, 1.165) is 6.42 Å². The van der Waals surface area contributed by atoms with Crippen LogP contribution in [0.2, 0.25) is 0 Å². The van der Waals surface area contributed by atoms with Crippen molar-refractivity contribution < 1.29 is 14.6 Å². The Balaban J connectivity index is 1.95. The molecule has 0 aromatic heterocycles. The van der Waals surface area contributed by atoms with Gasteiger partial charge in [-0.25, -0.2) is 4.79 Å². The summed E-state index contributed by atoms with van der Waals surface area (Å²) in [5, 5.41) is 13.2. The maximum Gasteiger partial charge on any atom is 0.409 e. The van der Waals surface area contributed by atoms with Gasteiger partial charge in [0.25, 0.3) is 0 Å².